The van der Waals surface area contributed by atoms with Gasteiger partial charge in [-0.25, -0.2) is 9.69 Å². The Morgan fingerprint density at radius 2 is 1.60 bits per heavy atom. The number of nitrogens with zero attached hydrogens (tertiary/aromatic N) is 2. The minimum atomic E-state index is -1.37. The molecule has 0 aliphatic carbocycles. The third-order valence-corrected chi connectivity index (χ3v) is 7.93. The van der Waals surface area contributed by atoms with Crippen LogP contribution in [0, 0.1) is 5.92 Å². The number of nitrogens with one attached hydrogen (secondary N) is 1. The number of hydrogen-bond donors (Lipinski definition) is 2. The lowest BCUT2D eigenvalue weighted by Crippen LogP contribution is -2.52. The van der Waals surface area contributed by atoms with E-state index in [-0.39, 0.29) is 25.7 Å². The van der Waals surface area contributed by atoms with Crippen molar-refractivity contribution in [3.8, 4) is 11.5 Å². The van der Waals surface area contributed by atoms with Gasteiger partial charge < -0.3 is 24.8 Å². The zero-order valence-electron chi connectivity index (χ0n) is 24.4. The lowest BCUT2D eigenvalue weighted by atomic mass is 9.89. The molecule has 3 aromatic rings. The van der Waals surface area contributed by atoms with Crippen molar-refractivity contribution in [1.29, 1.82) is 0 Å². The molecule has 3 unspecified atom stereocenters. The van der Waals surface area contributed by atoms with Crippen LogP contribution in [0.5, 0.6) is 11.5 Å². The molecular weight excluding hydrogens is 550 g/mol. The summed E-state index contributed by atoms with van der Waals surface area (Å²) in [7, 11) is 0. The second-order valence-electron chi connectivity index (χ2n) is 11.4. The van der Waals surface area contributed by atoms with Crippen LogP contribution in [0.25, 0.3) is 0 Å². The fourth-order valence-corrected chi connectivity index (χ4v) is 5.67. The highest BCUT2D eigenvalue weighted by Crippen LogP contribution is 2.40. The fourth-order valence-electron chi connectivity index (χ4n) is 5.67. The lowest BCUT2D eigenvalue weighted by Gasteiger charge is -2.32. The summed E-state index contributed by atoms with van der Waals surface area (Å²) < 4.78 is 10.8. The molecule has 3 atom stereocenters. The average molecular weight is 586 g/mol. The van der Waals surface area contributed by atoms with Crippen LogP contribution in [0.15, 0.2) is 78.9 Å². The number of imide groups is 1. The molecule has 10 heteroatoms. The van der Waals surface area contributed by atoms with Crippen LogP contribution in [0.2, 0.25) is 0 Å². The second kappa shape index (κ2) is 12.2. The van der Waals surface area contributed by atoms with Gasteiger partial charge in [-0.05, 0) is 48.1 Å². The van der Waals surface area contributed by atoms with Crippen molar-refractivity contribution in [1.82, 2.24) is 15.1 Å². The van der Waals surface area contributed by atoms with Gasteiger partial charge in [0.1, 0.15) is 11.6 Å². The lowest BCUT2D eigenvalue weighted by molar-refractivity contribution is -0.141. The number of rotatable bonds is 11. The molecule has 43 heavy (non-hydrogen) atoms. The molecule has 3 aromatic carbocycles. The number of urea groups is 1. The summed E-state index contributed by atoms with van der Waals surface area (Å²) in [5, 5.41) is 12.5. The highest BCUT2D eigenvalue weighted by Gasteiger charge is 2.58. The molecule has 4 amide bonds. The summed E-state index contributed by atoms with van der Waals surface area (Å²) in [5.41, 5.74) is 0.588. The maximum atomic E-state index is 14.4. The summed E-state index contributed by atoms with van der Waals surface area (Å²) in [6, 6.07) is 20.7. The van der Waals surface area contributed by atoms with Crippen molar-refractivity contribution in [2.24, 2.45) is 5.92 Å². The van der Waals surface area contributed by atoms with Gasteiger partial charge in [0, 0.05) is 6.54 Å². The molecule has 1 fully saturated rings. The number of fused-ring (bicyclic) bond motifs is 1. The number of carbonyl (C=O) groups excluding carboxylic acids is 3. The summed E-state index contributed by atoms with van der Waals surface area (Å²) in [6.45, 7) is 5.70. The Kier molecular flexibility index (Phi) is 8.38. The van der Waals surface area contributed by atoms with E-state index < -0.39 is 47.9 Å². The summed E-state index contributed by atoms with van der Waals surface area (Å²) >= 11 is 0. The first-order valence-corrected chi connectivity index (χ1v) is 14.3. The minimum Gasteiger partial charge on any atom is -0.481 e. The molecular formula is C33H35N3O7. The van der Waals surface area contributed by atoms with E-state index in [4.69, 9.17) is 9.47 Å². The quantitative estimate of drug-likeness (QED) is 0.309. The van der Waals surface area contributed by atoms with Crippen molar-refractivity contribution in [3.05, 3.63) is 95.6 Å². The van der Waals surface area contributed by atoms with E-state index in [1.165, 1.54) is 4.90 Å². The van der Waals surface area contributed by atoms with Gasteiger partial charge in [-0.1, -0.05) is 80.6 Å². The molecule has 1 saturated heterocycles. The molecule has 2 heterocycles. The van der Waals surface area contributed by atoms with Crippen molar-refractivity contribution in [3.63, 3.8) is 0 Å². The molecule has 0 spiro atoms. The number of aliphatic carboxylic acids is 1. The van der Waals surface area contributed by atoms with Gasteiger partial charge in [0.15, 0.2) is 11.5 Å². The fraction of sp³-hybridized carbons (Fsp3) is 0.333. The SMILES string of the molecule is CC(C)CC(C(=O)NC(CC(=O)O)c1ccc2c(c1)OCO2)N1C(=O)N(Cc2ccccc2)C(C)(c2ccccc2)C1=O. The Morgan fingerprint density at radius 1 is 0.953 bits per heavy atom. The number of carbonyl (C=O) groups is 4. The number of carboxylic acids is 1. The van der Waals surface area contributed by atoms with Gasteiger partial charge in [0.25, 0.3) is 5.91 Å². The van der Waals surface area contributed by atoms with E-state index in [0.29, 0.717) is 22.6 Å². The molecule has 0 saturated carbocycles. The topological polar surface area (TPSA) is 125 Å². The summed E-state index contributed by atoms with van der Waals surface area (Å²) in [5.74, 6) is -1.35. The van der Waals surface area contributed by atoms with Crippen LogP contribution in [0.3, 0.4) is 0 Å². The van der Waals surface area contributed by atoms with Gasteiger partial charge in [-0.2, -0.15) is 0 Å². The van der Waals surface area contributed by atoms with Gasteiger partial charge >= 0.3 is 12.0 Å². The van der Waals surface area contributed by atoms with Gasteiger partial charge in [0.05, 0.1) is 12.5 Å². The van der Waals surface area contributed by atoms with Crippen LogP contribution in [-0.4, -0.2) is 51.6 Å². The first kappa shape index (κ1) is 29.6. The molecule has 0 radical (unpaired) electrons. The van der Waals surface area contributed by atoms with E-state index in [9.17, 15) is 24.3 Å². The van der Waals surface area contributed by atoms with Gasteiger partial charge in [0.2, 0.25) is 12.7 Å². The van der Waals surface area contributed by atoms with Gasteiger partial charge in [-0.3, -0.25) is 14.4 Å². The predicted octanol–water partition coefficient (Wildman–Crippen LogP) is 4.84. The maximum absolute atomic E-state index is 14.4. The second-order valence-corrected chi connectivity index (χ2v) is 11.4. The molecule has 2 aliphatic heterocycles. The molecule has 224 valence electrons. The highest BCUT2D eigenvalue weighted by molar-refractivity contribution is 6.10. The molecule has 2 N–H and O–H groups in total. The molecule has 0 aromatic heterocycles. The largest absolute Gasteiger partial charge is 0.481 e. The van der Waals surface area contributed by atoms with Crippen LogP contribution >= 0.6 is 0 Å². The monoisotopic (exact) mass is 585 g/mol. The van der Waals surface area contributed by atoms with Crippen molar-refractivity contribution in [2.75, 3.05) is 6.79 Å². The molecule has 2 aliphatic rings. The smallest absolute Gasteiger partial charge is 0.329 e. The zero-order valence-corrected chi connectivity index (χ0v) is 24.4. The summed E-state index contributed by atoms with van der Waals surface area (Å²) in [4.78, 5) is 57.1. The van der Waals surface area contributed by atoms with Crippen LogP contribution in [0.4, 0.5) is 4.79 Å². The number of carboxylic acid groups (broad SMARTS) is 1. The van der Waals surface area contributed by atoms with E-state index in [1.54, 1.807) is 37.3 Å². The predicted molar refractivity (Wildman–Crippen MR) is 157 cm³/mol. The van der Waals surface area contributed by atoms with E-state index >= 15 is 0 Å². The maximum Gasteiger partial charge on any atom is 0.329 e. The Hall–Kier alpha value is -4.86. The molecule has 0 bridgehead atoms. The summed E-state index contributed by atoms with van der Waals surface area (Å²) in [6.07, 6.45) is -0.224. The number of hydrogen-bond acceptors (Lipinski definition) is 6. The standard InChI is InChI=1S/C33H35N3O7/c1-21(2)16-26(30(39)34-25(18-29(37)38)23-14-15-27-28(17-23)43-20-42-27)36-31(40)33(3,24-12-8-5-9-13-24)35(32(36)41)19-22-10-6-4-7-11-22/h4-15,17,21,25-26H,16,18-20H2,1-3H3,(H,34,39)(H,37,38). The van der Waals surface area contributed by atoms with Crippen molar-refractivity contribution in [2.45, 2.75) is 57.8 Å². The number of benzene rings is 3. The third kappa shape index (κ3) is 5.90. The van der Waals surface area contributed by atoms with Crippen LogP contribution in [0.1, 0.15) is 56.3 Å². The third-order valence-electron chi connectivity index (χ3n) is 7.93. The Morgan fingerprint density at radius 3 is 2.26 bits per heavy atom. The average Bonchev–Trinajstić information content (AvgIpc) is 3.53. The number of ether oxygens (including phenoxy) is 2. The van der Waals surface area contributed by atoms with E-state index in [0.717, 1.165) is 10.5 Å². The normalized spacial score (nSPS) is 19.1. The molecule has 5 rings (SSSR count). The first-order valence-electron chi connectivity index (χ1n) is 14.3. The Labute approximate surface area is 250 Å². The highest BCUT2D eigenvalue weighted by atomic mass is 16.7. The Bertz CT molecular complexity index is 1510. The molecule has 10 nitrogen and oxygen atoms in total. The van der Waals surface area contributed by atoms with Crippen LogP contribution in [-0.2, 0) is 26.5 Å². The van der Waals surface area contributed by atoms with Crippen LogP contribution < -0.4 is 14.8 Å². The van der Waals surface area contributed by atoms with E-state index in [1.807, 2.05) is 62.4 Å². The van der Waals surface area contributed by atoms with Gasteiger partial charge in [-0.15, -0.1) is 0 Å². The number of amides is 4. The Balaban J connectivity index is 1.51. The van der Waals surface area contributed by atoms with Crippen molar-refractivity contribution < 1.29 is 33.8 Å². The minimum absolute atomic E-state index is 0.0457. The van der Waals surface area contributed by atoms with E-state index in [2.05, 4.69) is 5.32 Å². The first-order chi connectivity index (χ1) is 20.6. The zero-order chi connectivity index (χ0) is 30.7. The van der Waals surface area contributed by atoms with Crippen molar-refractivity contribution >= 4 is 23.8 Å².